The minimum Gasteiger partial charge on any atom is -0.462 e. The van der Waals surface area contributed by atoms with Gasteiger partial charge in [-0.2, -0.15) is 5.10 Å². The maximum Gasteiger partial charge on any atom is 0.342 e. The summed E-state index contributed by atoms with van der Waals surface area (Å²) in [4.78, 5) is 29.0. The van der Waals surface area contributed by atoms with E-state index in [-0.39, 0.29) is 5.78 Å². The molecule has 0 unspecified atom stereocenters. The summed E-state index contributed by atoms with van der Waals surface area (Å²) in [5.41, 5.74) is 4.76. The Bertz CT molecular complexity index is 1220. The highest BCUT2D eigenvalue weighted by Crippen LogP contribution is 2.27. The molecule has 0 aliphatic carbocycles. The third kappa shape index (κ3) is 5.41. The highest BCUT2D eigenvalue weighted by atomic mass is 16.5. The van der Waals surface area contributed by atoms with Crippen LogP contribution in [0.15, 0.2) is 85.3 Å². The normalized spacial score (nSPS) is 10.7. The molecule has 4 aromatic rings. The van der Waals surface area contributed by atoms with Gasteiger partial charge in [0, 0.05) is 30.8 Å². The van der Waals surface area contributed by atoms with Gasteiger partial charge in [0.1, 0.15) is 11.3 Å². The van der Waals surface area contributed by atoms with Crippen LogP contribution in [0.4, 0.5) is 0 Å². The van der Waals surface area contributed by atoms with Crippen molar-refractivity contribution in [1.29, 1.82) is 0 Å². The van der Waals surface area contributed by atoms with Gasteiger partial charge in [-0.15, -0.1) is 0 Å². The van der Waals surface area contributed by atoms with Gasteiger partial charge in [-0.05, 0) is 42.7 Å². The maximum absolute atomic E-state index is 12.5. The number of ether oxygens (including phenoxy) is 1. The molecule has 33 heavy (non-hydrogen) atoms. The van der Waals surface area contributed by atoms with E-state index in [0.29, 0.717) is 37.1 Å². The van der Waals surface area contributed by atoms with E-state index in [1.807, 2.05) is 66.7 Å². The smallest absolute Gasteiger partial charge is 0.342 e. The van der Waals surface area contributed by atoms with Crippen molar-refractivity contribution in [2.45, 2.75) is 26.2 Å². The monoisotopic (exact) mass is 439 g/mol. The summed E-state index contributed by atoms with van der Waals surface area (Å²) in [5.74, 6) is -0.223. The van der Waals surface area contributed by atoms with Crippen molar-refractivity contribution in [3.05, 3.63) is 102 Å². The first-order chi connectivity index (χ1) is 16.2. The first kappa shape index (κ1) is 22.1. The van der Waals surface area contributed by atoms with Crippen LogP contribution >= 0.6 is 0 Å². The lowest BCUT2D eigenvalue weighted by Crippen LogP contribution is -2.07. The number of ketones is 1. The molecule has 166 valence electrons. The van der Waals surface area contributed by atoms with Crippen LogP contribution < -0.4 is 0 Å². The minimum atomic E-state index is -0.404. The van der Waals surface area contributed by atoms with Crippen LogP contribution in [0.2, 0.25) is 0 Å². The van der Waals surface area contributed by atoms with Crippen LogP contribution in [-0.2, 0) is 22.4 Å². The Morgan fingerprint density at radius 3 is 2.39 bits per heavy atom. The van der Waals surface area contributed by atoms with Gasteiger partial charge in [-0.3, -0.25) is 9.78 Å². The molecule has 0 bridgehead atoms. The quantitative estimate of drug-likeness (QED) is 0.348. The third-order valence-electron chi connectivity index (χ3n) is 5.31. The molecule has 0 fully saturated rings. The van der Waals surface area contributed by atoms with Gasteiger partial charge in [0.15, 0.2) is 0 Å². The Balaban J connectivity index is 1.53. The molecular weight excluding hydrogens is 414 g/mol. The molecule has 0 saturated heterocycles. The summed E-state index contributed by atoms with van der Waals surface area (Å²) in [6.07, 6.45) is 6.60. The summed E-state index contributed by atoms with van der Waals surface area (Å²) in [6.45, 7) is 2.07. The Kier molecular flexibility index (Phi) is 7.05. The molecule has 0 N–H and O–H groups in total. The molecule has 6 nitrogen and oxygen atoms in total. The second-order valence-electron chi connectivity index (χ2n) is 7.65. The van der Waals surface area contributed by atoms with Gasteiger partial charge in [-0.1, -0.05) is 48.5 Å². The van der Waals surface area contributed by atoms with E-state index in [9.17, 15) is 9.59 Å². The fourth-order valence-electron chi connectivity index (χ4n) is 3.68. The van der Waals surface area contributed by atoms with E-state index in [4.69, 9.17) is 4.74 Å². The number of hydrogen-bond acceptors (Lipinski definition) is 5. The van der Waals surface area contributed by atoms with Crippen molar-refractivity contribution in [3.8, 4) is 16.9 Å². The van der Waals surface area contributed by atoms with Crippen LogP contribution in [0.1, 0.15) is 34.8 Å². The van der Waals surface area contributed by atoms with Crippen LogP contribution in [0.5, 0.6) is 0 Å². The molecule has 0 radical (unpaired) electrons. The molecule has 0 spiro atoms. The number of benzene rings is 2. The highest BCUT2D eigenvalue weighted by molar-refractivity contribution is 5.96. The zero-order valence-electron chi connectivity index (χ0n) is 18.5. The van der Waals surface area contributed by atoms with E-state index >= 15 is 0 Å². The number of pyridine rings is 1. The first-order valence-corrected chi connectivity index (χ1v) is 11.0. The predicted molar refractivity (Wildman–Crippen MR) is 126 cm³/mol. The van der Waals surface area contributed by atoms with Crippen LogP contribution in [0, 0.1) is 0 Å². The number of carbonyl (C=O) groups excluding carboxylic acids is 2. The van der Waals surface area contributed by atoms with Crippen molar-refractivity contribution >= 4 is 11.8 Å². The van der Waals surface area contributed by atoms with Crippen LogP contribution in [0.25, 0.3) is 16.9 Å². The molecule has 2 heterocycles. The number of hydrogen-bond donors (Lipinski definition) is 0. The molecule has 0 atom stereocenters. The zero-order valence-corrected chi connectivity index (χ0v) is 18.5. The Morgan fingerprint density at radius 2 is 1.70 bits per heavy atom. The highest BCUT2D eigenvalue weighted by Gasteiger charge is 2.21. The molecular formula is C27H25N3O3. The van der Waals surface area contributed by atoms with Crippen molar-refractivity contribution in [3.63, 3.8) is 0 Å². The number of aromatic nitrogens is 3. The standard InChI is InChI=1S/C27H25N3O3/c1-2-33-27(32)25-19-29-30(26(25)22-8-4-3-5-9-22)23-13-10-20(11-14-23)17-24(31)15-12-21-7-6-16-28-18-21/h3-11,13-14,16,18-19H,2,12,15,17H2,1H3. The Hall–Kier alpha value is -4.06. The van der Waals surface area contributed by atoms with E-state index in [0.717, 1.165) is 22.4 Å². The summed E-state index contributed by atoms with van der Waals surface area (Å²) in [7, 11) is 0. The molecule has 4 rings (SSSR count). The zero-order chi connectivity index (χ0) is 23.0. The first-order valence-electron chi connectivity index (χ1n) is 11.0. The minimum absolute atomic E-state index is 0.181. The molecule has 2 aromatic carbocycles. The largest absolute Gasteiger partial charge is 0.462 e. The van der Waals surface area contributed by atoms with Crippen LogP contribution in [-0.4, -0.2) is 33.1 Å². The van der Waals surface area contributed by atoms with Gasteiger partial charge in [0.25, 0.3) is 0 Å². The summed E-state index contributed by atoms with van der Waals surface area (Å²) < 4.78 is 6.96. The van der Waals surface area contributed by atoms with E-state index in [2.05, 4.69) is 10.1 Å². The SMILES string of the molecule is CCOC(=O)c1cnn(-c2ccc(CC(=O)CCc3cccnc3)cc2)c1-c1ccccc1. The number of carbonyl (C=O) groups is 2. The molecule has 6 heteroatoms. The van der Waals surface area contributed by atoms with Gasteiger partial charge in [0.2, 0.25) is 0 Å². The molecule has 0 aliphatic heterocycles. The fourth-order valence-corrected chi connectivity index (χ4v) is 3.68. The van der Waals surface area contributed by atoms with E-state index in [1.165, 1.54) is 6.20 Å². The average molecular weight is 440 g/mol. The lowest BCUT2D eigenvalue weighted by molar-refractivity contribution is -0.118. The van der Waals surface area contributed by atoms with E-state index < -0.39 is 5.97 Å². The number of nitrogens with zero attached hydrogens (tertiary/aromatic N) is 3. The van der Waals surface area contributed by atoms with Gasteiger partial charge >= 0.3 is 5.97 Å². The lowest BCUT2D eigenvalue weighted by Gasteiger charge is -2.11. The number of rotatable bonds is 9. The van der Waals surface area contributed by atoms with Crippen molar-refractivity contribution in [1.82, 2.24) is 14.8 Å². The molecule has 0 saturated carbocycles. The number of Topliss-reactive ketones (excluding diaryl/α,β-unsaturated/α-hetero) is 1. The van der Waals surface area contributed by atoms with Crippen LogP contribution in [0.3, 0.4) is 0 Å². The van der Waals surface area contributed by atoms with E-state index in [1.54, 1.807) is 24.0 Å². The number of esters is 1. The van der Waals surface area contributed by atoms with Gasteiger partial charge < -0.3 is 4.74 Å². The second kappa shape index (κ2) is 10.5. The molecule has 0 amide bonds. The lowest BCUT2D eigenvalue weighted by atomic mass is 10.0. The summed E-state index contributed by atoms with van der Waals surface area (Å²) >= 11 is 0. The predicted octanol–water partition coefficient (Wildman–Crippen LogP) is 4.86. The second-order valence-corrected chi connectivity index (χ2v) is 7.65. The van der Waals surface area contributed by atoms with Crippen molar-refractivity contribution < 1.29 is 14.3 Å². The molecule has 0 aliphatic rings. The molecule has 2 aromatic heterocycles. The Labute approximate surface area is 192 Å². The van der Waals surface area contributed by atoms with Crippen molar-refractivity contribution in [2.75, 3.05) is 6.61 Å². The Morgan fingerprint density at radius 1 is 0.909 bits per heavy atom. The average Bonchev–Trinajstić information content (AvgIpc) is 3.30. The summed E-state index contributed by atoms with van der Waals surface area (Å²) in [6, 6.07) is 21.2. The van der Waals surface area contributed by atoms with Crippen molar-refractivity contribution in [2.24, 2.45) is 0 Å². The van der Waals surface area contributed by atoms with Gasteiger partial charge in [-0.25, -0.2) is 9.48 Å². The summed E-state index contributed by atoms with van der Waals surface area (Å²) in [5, 5.41) is 4.46. The fraction of sp³-hybridized carbons (Fsp3) is 0.185. The van der Waals surface area contributed by atoms with Gasteiger partial charge in [0.05, 0.1) is 24.2 Å². The maximum atomic E-state index is 12.5. The third-order valence-corrected chi connectivity index (χ3v) is 5.31. The topological polar surface area (TPSA) is 74.1 Å². The number of aryl methyl sites for hydroxylation is 1.